The summed E-state index contributed by atoms with van der Waals surface area (Å²) < 4.78 is 28.7. The number of hydrogen-bond acceptors (Lipinski definition) is 1. The summed E-state index contributed by atoms with van der Waals surface area (Å²) >= 11 is 0. The fraction of sp³-hybridized carbons (Fsp3) is 0.333. The van der Waals surface area contributed by atoms with E-state index < -0.39 is 11.6 Å². The standard InChI is InChI=1S/C15H18F2N2/c1-2-12(18)9-13-6-4-8-19(13)10-11-5-3-7-14(16)15(11)17/h3-8,12H,2,9-10,18H2,1H3. The third-order valence-electron chi connectivity index (χ3n) is 3.29. The van der Waals surface area contributed by atoms with Crippen LogP contribution in [0.25, 0.3) is 0 Å². The van der Waals surface area contributed by atoms with Gasteiger partial charge in [0.1, 0.15) is 0 Å². The fourth-order valence-corrected chi connectivity index (χ4v) is 2.06. The van der Waals surface area contributed by atoms with E-state index in [9.17, 15) is 8.78 Å². The van der Waals surface area contributed by atoms with Gasteiger partial charge in [0.25, 0.3) is 0 Å². The Labute approximate surface area is 111 Å². The van der Waals surface area contributed by atoms with E-state index in [-0.39, 0.29) is 6.04 Å². The van der Waals surface area contributed by atoms with Crippen molar-refractivity contribution in [1.82, 2.24) is 4.57 Å². The largest absolute Gasteiger partial charge is 0.347 e. The second-order valence-electron chi connectivity index (χ2n) is 4.71. The molecule has 1 aromatic carbocycles. The highest BCUT2D eigenvalue weighted by Gasteiger charge is 2.11. The fourth-order valence-electron chi connectivity index (χ4n) is 2.06. The molecule has 0 amide bonds. The molecule has 0 saturated heterocycles. The minimum atomic E-state index is -0.809. The van der Waals surface area contributed by atoms with E-state index in [0.29, 0.717) is 12.1 Å². The lowest BCUT2D eigenvalue weighted by atomic mass is 10.1. The third kappa shape index (κ3) is 3.20. The minimum Gasteiger partial charge on any atom is -0.347 e. The molecule has 2 N–H and O–H groups in total. The Bertz CT molecular complexity index is 549. The van der Waals surface area contributed by atoms with E-state index >= 15 is 0 Å². The first-order chi connectivity index (χ1) is 9.11. The number of rotatable bonds is 5. The van der Waals surface area contributed by atoms with Gasteiger partial charge in [0, 0.05) is 29.9 Å². The van der Waals surface area contributed by atoms with Crippen LogP contribution in [0.3, 0.4) is 0 Å². The zero-order valence-electron chi connectivity index (χ0n) is 10.9. The number of nitrogens with zero attached hydrogens (tertiary/aromatic N) is 1. The van der Waals surface area contributed by atoms with Crippen LogP contribution in [0, 0.1) is 11.6 Å². The Kier molecular flexibility index (Phi) is 4.32. The van der Waals surface area contributed by atoms with Crippen molar-refractivity contribution in [2.45, 2.75) is 32.4 Å². The van der Waals surface area contributed by atoms with E-state index in [2.05, 4.69) is 0 Å². The zero-order chi connectivity index (χ0) is 13.8. The van der Waals surface area contributed by atoms with Gasteiger partial charge in [-0.25, -0.2) is 8.78 Å². The Morgan fingerprint density at radius 2 is 2.00 bits per heavy atom. The lowest BCUT2D eigenvalue weighted by Crippen LogP contribution is -2.23. The summed E-state index contributed by atoms with van der Waals surface area (Å²) in [6, 6.07) is 8.20. The molecule has 2 rings (SSSR count). The lowest BCUT2D eigenvalue weighted by molar-refractivity contribution is 0.493. The Balaban J connectivity index is 2.20. The van der Waals surface area contributed by atoms with Crippen molar-refractivity contribution in [3.05, 3.63) is 59.4 Å². The smallest absolute Gasteiger partial charge is 0.163 e. The van der Waals surface area contributed by atoms with Gasteiger partial charge in [-0.15, -0.1) is 0 Å². The van der Waals surface area contributed by atoms with Crippen molar-refractivity contribution in [3.8, 4) is 0 Å². The first-order valence-corrected chi connectivity index (χ1v) is 6.44. The molecule has 0 aliphatic carbocycles. The van der Waals surface area contributed by atoms with Crippen LogP contribution < -0.4 is 5.73 Å². The van der Waals surface area contributed by atoms with Crippen molar-refractivity contribution in [1.29, 1.82) is 0 Å². The maximum absolute atomic E-state index is 13.6. The van der Waals surface area contributed by atoms with Gasteiger partial charge in [0.2, 0.25) is 0 Å². The first-order valence-electron chi connectivity index (χ1n) is 6.44. The van der Waals surface area contributed by atoms with Crippen LogP contribution in [-0.4, -0.2) is 10.6 Å². The van der Waals surface area contributed by atoms with Crippen molar-refractivity contribution in [2.24, 2.45) is 5.73 Å². The van der Waals surface area contributed by atoms with Gasteiger partial charge in [0.15, 0.2) is 11.6 Å². The van der Waals surface area contributed by atoms with Crippen LogP contribution in [0.4, 0.5) is 8.78 Å². The Morgan fingerprint density at radius 3 is 2.74 bits per heavy atom. The van der Waals surface area contributed by atoms with Crippen LogP contribution >= 0.6 is 0 Å². The molecule has 0 aliphatic heterocycles. The average Bonchev–Trinajstić information content (AvgIpc) is 2.82. The maximum Gasteiger partial charge on any atom is 0.163 e. The molecular weight excluding hydrogens is 246 g/mol. The molecule has 1 heterocycles. The van der Waals surface area contributed by atoms with Crippen LogP contribution in [0.5, 0.6) is 0 Å². The maximum atomic E-state index is 13.6. The molecule has 102 valence electrons. The average molecular weight is 264 g/mol. The Hall–Kier alpha value is -1.68. The molecule has 0 bridgehead atoms. The zero-order valence-corrected chi connectivity index (χ0v) is 10.9. The molecule has 1 atom stereocenters. The molecule has 0 spiro atoms. The molecule has 0 saturated carbocycles. The van der Waals surface area contributed by atoms with Crippen LogP contribution in [-0.2, 0) is 13.0 Å². The SMILES string of the molecule is CCC(N)Cc1cccn1Cc1cccc(F)c1F. The van der Waals surface area contributed by atoms with Gasteiger partial charge >= 0.3 is 0 Å². The predicted molar refractivity (Wildman–Crippen MR) is 71.9 cm³/mol. The van der Waals surface area contributed by atoms with E-state index in [1.165, 1.54) is 6.07 Å². The highest BCUT2D eigenvalue weighted by Crippen LogP contribution is 2.15. The molecule has 19 heavy (non-hydrogen) atoms. The van der Waals surface area contributed by atoms with Crippen LogP contribution in [0.2, 0.25) is 0 Å². The number of hydrogen-bond donors (Lipinski definition) is 1. The molecule has 1 unspecified atom stereocenters. The first kappa shape index (κ1) is 13.7. The molecule has 2 nitrogen and oxygen atoms in total. The molecule has 0 fully saturated rings. The molecule has 1 aromatic heterocycles. The highest BCUT2D eigenvalue weighted by molar-refractivity contribution is 5.21. The molecule has 0 radical (unpaired) electrons. The van der Waals surface area contributed by atoms with E-state index in [1.54, 1.807) is 6.07 Å². The van der Waals surface area contributed by atoms with E-state index in [0.717, 1.165) is 24.6 Å². The van der Waals surface area contributed by atoms with Gasteiger partial charge in [-0.05, 0) is 24.6 Å². The second-order valence-corrected chi connectivity index (χ2v) is 4.71. The number of benzene rings is 1. The molecule has 4 heteroatoms. The molecular formula is C15H18F2N2. The van der Waals surface area contributed by atoms with Crippen molar-refractivity contribution < 1.29 is 8.78 Å². The molecule has 2 aromatic rings. The van der Waals surface area contributed by atoms with Gasteiger partial charge < -0.3 is 10.3 Å². The normalized spacial score (nSPS) is 12.6. The predicted octanol–water partition coefficient (Wildman–Crippen LogP) is 3.09. The highest BCUT2D eigenvalue weighted by atomic mass is 19.2. The summed E-state index contributed by atoms with van der Waals surface area (Å²) in [4.78, 5) is 0. The summed E-state index contributed by atoms with van der Waals surface area (Å²) in [7, 11) is 0. The summed E-state index contributed by atoms with van der Waals surface area (Å²) in [5.74, 6) is -1.58. The van der Waals surface area contributed by atoms with Gasteiger partial charge in [-0.2, -0.15) is 0 Å². The number of nitrogens with two attached hydrogens (primary N) is 1. The quantitative estimate of drug-likeness (QED) is 0.884. The number of halogens is 2. The monoisotopic (exact) mass is 264 g/mol. The molecule has 0 aliphatic rings. The summed E-state index contributed by atoms with van der Waals surface area (Å²) in [6.07, 6.45) is 3.49. The minimum absolute atomic E-state index is 0.0889. The topological polar surface area (TPSA) is 30.9 Å². The third-order valence-corrected chi connectivity index (χ3v) is 3.29. The van der Waals surface area contributed by atoms with E-state index in [1.807, 2.05) is 29.8 Å². The van der Waals surface area contributed by atoms with Gasteiger partial charge in [-0.1, -0.05) is 19.1 Å². The van der Waals surface area contributed by atoms with Gasteiger partial charge in [0.05, 0.1) is 6.54 Å². The van der Waals surface area contributed by atoms with Crippen LogP contribution in [0.15, 0.2) is 36.5 Å². The summed E-state index contributed by atoms with van der Waals surface area (Å²) in [5.41, 5.74) is 7.32. The van der Waals surface area contributed by atoms with Gasteiger partial charge in [-0.3, -0.25) is 0 Å². The van der Waals surface area contributed by atoms with Crippen molar-refractivity contribution in [2.75, 3.05) is 0 Å². The number of aromatic nitrogens is 1. The van der Waals surface area contributed by atoms with Crippen molar-refractivity contribution in [3.63, 3.8) is 0 Å². The Morgan fingerprint density at radius 1 is 1.21 bits per heavy atom. The second kappa shape index (κ2) is 5.97. The summed E-state index contributed by atoms with van der Waals surface area (Å²) in [5, 5.41) is 0. The summed E-state index contributed by atoms with van der Waals surface area (Å²) in [6.45, 7) is 2.35. The lowest BCUT2D eigenvalue weighted by Gasteiger charge is -2.13. The van der Waals surface area contributed by atoms with E-state index in [4.69, 9.17) is 5.73 Å². The van der Waals surface area contributed by atoms with Crippen LogP contribution in [0.1, 0.15) is 24.6 Å². The van der Waals surface area contributed by atoms with Crippen molar-refractivity contribution >= 4 is 0 Å².